The number of nitro groups is 1. The third-order valence-corrected chi connectivity index (χ3v) is 3.72. The van der Waals surface area contributed by atoms with Crippen molar-refractivity contribution < 1.29 is 23.2 Å². The molecular weight excluding hydrogens is 285 g/mol. The van der Waals surface area contributed by atoms with Crippen molar-refractivity contribution in [1.29, 1.82) is 0 Å². The molecule has 0 aliphatic carbocycles. The summed E-state index contributed by atoms with van der Waals surface area (Å²) in [7, 11) is 0. The van der Waals surface area contributed by atoms with Gasteiger partial charge in [0.05, 0.1) is 11.0 Å². The molecule has 1 aromatic heterocycles. The van der Waals surface area contributed by atoms with Crippen molar-refractivity contribution in [3.63, 3.8) is 0 Å². The van der Waals surface area contributed by atoms with E-state index in [1.54, 1.807) is 0 Å². The normalized spacial score (nSPS) is 13.4. The Hall–Kier alpha value is -1.35. The number of halogens is 3. The first-order chi connectivity index (χ1) is 8.65. The van der Waals surface area contributed by atoms with Crippen molar-refractivity contribution in [1.82, 2.24) is 0 Å². The highest BCUT2D eigenvalue weighted by Crippen LogP contribution is 2.40. The van der Waals surface area contributed by atoms with Crippen LogP contribution in [0, 0.1) is 10.1 Å². The molecule has 1 aromatic rings. The highest BCUT2D eigenvalue weighted by Gasteiger charge is 2.34. The van der Waals surface area contributed by atoms with Crippen LogP contribution in [-0.2, 0) is 0 Å². The highest BCUT2D eigenvalue weighted by atomic mass is 32.1. The Morgan fingerprint density at radius 1 is 1.58 bits per heavy atom. The maximum absolute atomic E-state index is 12.4. The molecule has 1 atom stereocenters. The molecule has 0 spiro atoms. The number of alkyl halides is 3. The van der Waals surface area contributed by atoms with Crippen LogP contribution in [0.5, 0.6) is 0 Å². The molecule has 0 saturated carbocycles. The Kier molecular flexibility index (Phi) is 4.75. The molecule has 0 fully saturated rings. The Labute approximate surface area is 111 Å². The molecule has 9 heteroatoms. The van der Waals surface area contributed by atoms with Gasteiger partial charge in [-0.05, 0) is 13.8 Å². The van der Waals surface area contributed by atoms with Crippen LogP contribution >= 0.6 is 11.3 Å². The van der Waals surface area contributed by atoms with Gasteiger partial charge in [-0.1, -0.05) is 0 Å². The summed E-state index contributed by atoms with van der Waals surface area (Å²) in [6, 6.07) is 1.11. The number of nitrogens with zero attached hydrogens (tertiary/aromatic N) is 2. The van der Waals surface area contributed by atoms with Crippen molar-refractivity contribution in [2.75, 3.05) is 18.0 Å². The van der Waals surface area contributed by atoms with Crippen LogP contribution in [0.4, 0.5) is 23.9 Å². The number of hydrogen-bond acceptors (Lipinski definition) is 5. The molecule has 0 amide bonds. The standard InChI is InChI=1S/C10H13F3N2O3S/c1-3-14(5-10(11,12)13)9-7(15(17)18)4-8(19-9)6(2)16/h4,6,16H,3,5H2,1-2H3. The average molecular weight is 298 g/mol. The van der Waals surface area contributed by atoms with Gasteiger partial charge in [0.2, 0.25) is 0 Å². The number of aliphatic hydroxyl groups excluding tert-OH is 1. The molecule has 0 aliphatic rings. The summed E-state index contributed by atoms with van der Waals surface area (Å²) < 4.78 is 37.3. The fourth-order valence-electron chi connectivity index (χ4n) is 1.50. The fourth-order valence-corrected chi connectivity index (χ4v) is 2.62. The zero-order chi connectivity index (χ0) is 14.8. The molecule has 0 saturated heterocycles. The van der Waals surface area contributed by atoms with Crippen LogP contribution < -0.4 is 4.90 Å². The molecule has 0 aliphatic heterocycles. The second kappa shape index (κ2) is 5.74. The van der Waals surface area contributed by atoms with Gasteiger partial charge < -0.3 is 10.0 Å². The lowest BCUT2D eigenvalue weighted by Gasteiger charge is -2.21. The summed E-state index contributed by atoms with van der Waals surface area (Å²) in [5.74, 6) is 0. The lowest BCUT2D eigenvalue weighted by atomic mass is 10.3. The molecular formula is C10H13F3N2O3S. The molecule has 1 N–H and O–H groups in total. The van der Waals surface area contributed by atoms with E-state index in [0.29, 0.717) is 0 Å². The van der Waals surface area contributed by atoms with Crippen LogP contribution in [0.25, 0.3) is 0 Å². The first-order valence-corrected chi connectivity index (χ1v) is 6.25. The van der Waals surface area contributed by atoms with E-state index in [0.717, 1.165) is 22.3 Å². The highest BCUT2D eigenvalue weighted by molar-refractivity contribution is 7.16. The largest absolute Gasteiger partial charge is 0.405 e. The summed E-state index contributed by atoms with van der Waals surface area (Å²) in [4.78, 5) is 11.3. The predicted molar refractivity (Wildman–Crippen MR) is 65.5 cm³/mol. The Balaban J connectivity index is 3.18. The Morgan fingerprint density at radius 2 is 2.16 bits per heavy atom. The van der Waals surface area contributed by atoms with Gasteiger partial charge in [0.15, 0.2) is 5.00 Å². The number of thiophene rings is 1. The van der Waals surface area contributed by atoms with Crippen LogP contribution in [-0.4, -0.2) is 29.3 Å². The number of anilines is 1. The monoisotopic (exact) mass is 298 g/mol. The smallest absolute Gasteiger partial charge is 0.388 e. The Morgan fingerprint density at radius 3 is 2.53 bits per heavy atom. The van der Waals surface area contributed by atoms with E-state index in [2.05, 4.69) is 0 Å². The van der Waals surface area contributed by atoms with Gasteiger partial charge >= 0.3 is 11.9 Å². The summed E-state index contributed by atoms with van der Waals surface area (Å²) >= 11 is 0.804. The van der Waals surface area contributed by atoms with Crippen LogP contribution in [0.3, 0.4) is 0 Å². The van der Waals surface area contributed by atoms with Crippen molar-refractivity contribution in [2.24, 2.45) is 0 Å². The van der Waals surface area contributed by atoms with Crippen LogP contribution in [0.2, 0.25) is 0 Å². The summed E-state index contributed by atoms with van der Waals surface area (Å²) in [6.45, 7) is 1.61. The average Bonchev–Trinajstić information content (AvgIpc) is 2.69. The maximum atomic E-state index is 12.4. The zero-order valence-electron chi connectivity index (χ0n) is 10.3. The second-order valence-corrected chi connectivity index (χ2v) is 4.96. The summed E-state index contributed by atoms with van der Waals surface area (Å²) in [5, 5.41) is 20.2. The van der Waals surface area contributed by atoms with E-state index < -0.39 is 29.4 Å². The van der Waals surface area contributed by atoms with Crippen LogP contribution in [0.1, 0.15) is 24.8 Å². The van der Waals surface area contributed by atoms with E-state index >= 15 is 0 Å². The van der Waals surface area contributed by atoms with E-state index in [-0.39, 0.29) is 16.4 Å². The van der Waals surface area contributed by atoms with Gasteiger partial charge in [-0.15, -0.1) is 11.3 Å². The molecule has 1 unspecified atom stereocenters. The van der Waals surface area contributed by atoms with Gasteiger partial charge in [-0.3, -0.25) is 10.1 Å². The Bertz CT molecular complexity index is 459. The molecule has 19 heavy (non-hydrogen) atoms. The minimum atomic E-state index is -4.45. The first kappa shape index (κ1) is 15.7. The van der Waals surface area contributed by atoms with Gasteiger partial charge in [-0.2, -0.15) is 13.2 Å². The van der Waals surface area contributed by atoms with E-state index in [1.807, 2.05) is 0 Å². The quantitative estimate of drug-likeness (QED) is 0.670. The number of rotatable bonds is 5. The third kappa shape index (κ3) is 4.06. The molecule has 0 bridgehead atoms. The molecule has 1 rings (SSSR count). The number of aliphatic hydroxyl groups is 1. The minimum Gasteiger partial charge on any atom is -0.388 e. The van der Waals surface area contributed by atoms with Gasteiger partial charge in [0, 0.05) is 17.5 Å². The topological polar surface area (TPSA) is 66.6 Å². The van der Waals surface area contributed by atoms with Crippen molar-refractivity contribution in [3.05, 3.63) is 21.1 Å². The van der Waals surface area contributed by atoms with Gasteiger partial charge in [0.25, 0.3) is 0 Å². The lowest BCUT2D eigenvalue weighted by Crippen LogP contribution is -2.33. The van der Waals surface area contributed by atoms with Gasteiger partial charge in [0.1, 0.15) is 6.54 Å². The van der Waals surface area contributed by atoms with Crippen molar-refractivity contribution in [2.45, 2.75) is 26.1 Å². The minimum absolute atomic E-state index is 0.0138. The van der Waals surface area contributed by atoms with Crippen molar-refractivity contribution in [3.8, 4) is 0 Å². The lowest BCUT2D eigenvalue weighted by molar-refractivity contribution is -0.383. The van der Waals surface area contributed by atoms with Crippen LogP contribution in [0.15, 0.2) is 6.07 Å². The third-order valence-electron chi connectivity index (χ3n) is 2.36. The van der Waals surface area contributed by atoms with E-state index in [4.69, 9.17) is 0 Å². The first-order valence-electron chi connectivity index (χ1n) is 5.43. The number of hydrogen-bond donors (Lipinski definition) is 1. The fraction of sp³-hybridized carbons (Fsp3) is 0.600. The maximum Gasteiger partial charge on any atom is 0.405 e. The molecule has 0 aromatic carbocycles. The predicted octanol–water partition coefficient (Wildman–Crippen LogP) is 3.10. The summed E-state index contributed by atoms with van der Waals surface area (Å²) in [5.41, 5.74) is -0.410. The zero-order valence-corrected chi connectivity index (χ0v) is 11.1. The molecule has 5 nitrogen and oxygen atoms in total. The summed E-state index contributed by atoms with van der Waals surface area (Å²) in [6.07, 6.45) is -5.40. The SMILES string of the molecule is CCN(CC(F)(F)F)c1sc(C(C)O)cc1[N+](=O)[O-]. The van der Waals surface area contributed by atoms with E-state index in [9.17, 15) is 28.4 Å². The van der Waals surface area contributed by atoms with Gasteiger partial charge in [-0.25, -0.2) is 0 Å². The molecule has 108 valence electrons. The van der Waals surface area contributed by atoms with Crippen molar-refractivity contribution >= 4 is 22.0 Å². The molecule has 0 radical (unpaired) electrons. The van der Waals surface area contributed by atoms with E-state index in [1.165, 1.54) is 13.8 Å². The second-order valence-electron chi connectivity index (χ2n) is 3.90. The molecule has 1 heterocycles.